The van der Waals surface area contributed by atoms with Crippen molar-refractivity contribution >= 4 is 46.5 Å². The van der Waals surface area contributed by atoms with Crippen molar-refractivity contribution in [3.8, 4) is 5.75 Å². The summed E-state index contributed by atoms with van der Waals surface area (Å²) in [4.78, 5) is 66.2. The van der Waals surface area contributed by atoms with E-state index in [1.807, 2.05) is 24.3 Å². The molecule has 0 aromatic heterocycles. The third-order valence-corrected chi connectivity index (χ3v) is 7.51. The summed E-state index contributed by atoms with van der Waals surface area (Å²) in [5.74, 6) is -1.75. The highest BCUT2D eigenvalue weighted by Crippen LogP contribution is 2.23. The number of nitrogens with zero attached hydrogens (tertiary/aromatic N) is 2. The Hall–Kier alpha value is -3.85. The van der Waals surface area contributed by atoms with Gasteiger partial charge in [0.05, 0.1) is 39.4 Å². The van der Waals surface area contributed by atoms with Crippen LogP contribution >= 0.6 is 11.8 Å². The molecule has 4 atom stereocenters. The highest BCUT2D eigenvalue weighted by atomic mass is 32.2. The van der Waals surface area contributed by atoms with E-state index in [4.69, 9.17) is 10.5 Å². The number of benzene rings is 1. The number of aliphatic hydroxyl groups excluding tert-OH is 1. The van der Waals surface area contributed by atoms with Gasteiger partial charge in [0.25, 0.3) is 0 Å². The Morgan fingerprint density at radius 1 is 1.12 bits per heavy atom. The standard InChI is InChI=1S/C25H35N7O7S/c1-14(31-21(35)11-30-25-29-9-19(40-25)23(26)37)24(38)28-10-20(34)27-12-22(36)32-13-17(33)8-16(32)7-15-3-5-18(39-2)6-4-15/h3-6,14,16-17,19,33H,7-13H2,1-2H3,(H2,26,37)(H,27,34)(H,28,38)(H,29,30)(H,31,35). The first-order chi connectivity index (χ1) is 19.0. The Labute approximate surface area is 235 Å². The molecule has 0 aliphatic carbocycles. The Bertz CT molecular complexity index is 1130. The van der Waals surface area contributed by atoms with Crippen LogP contribution in [0.1, 0.15) is 18.9 Å². The smallest absolute Gasteiger partial charge is 0.242 e. The molecule has 7 N–H and O–H groups in total. The van der Waals surface area contributed by atoms with E-state index in [2.05, 4.69) is 26.3 Å². The number of hydrogen-bond acceptors (Lipinski definition) is 10. The molecule has 0 spiro atoms. The van der Waals surface area contributed by atoms with Gasteiger partial charge in [-0.05, 0) is 37.5 Å². The molecule has 2 aliphatic heterocycles. The largest absolute Gasteiger partial charge is 0.497 e. The van der Waals surface area contributed by atoms with Crippen LogP contribution < -0.4 is 31.7 Å². The molecule has 0 bridgehead atoms. The van der Waals surface area contributed by atoms with Crippen molar-refractivity contribution in [3.05, 3.63) is 29.8 Å². The quantitative estimate of drug-likeness (QED) is 0.155. The number of rotatable bonds is 12. The number of methoxy groups -OCH3 is 1. The van der Waals surface area contributed by atoms with Crippen molar-refractivity contribution in [2.24, 2.45) is 10.7 Å². The van der Waals surface area contributed by atoms with Crippen LogP contribution in [0.2, 0.25) is 0 Å². The van der Waals surface area contributed by atoms with Gasteiger partial charge in [-0.3, -0.25) is 29.0 Å². The maximum atomic E-state index is 12.8. The van der Waals surface area contributed by atoms with Gasteiger partial charge in [-0.15, -0.1) is 0 Å². The number of primary amides is 1. The number of hydrogen-bond donors (Lipinski definition) is 6. The summed E-state index contributed by atoms with van der Waals surface area (Å²) in [6.45, 7) is 1.04. The molecule has 4 unspecified atom stereocenters. The van der Waals surface area contributed by atoms with Crippen molar-refractivity contribution < 1.29 is 33.8 Å². The molecule has 14 nitrogen and oxygen atoms in total. The molecule has 1 aromatic rings. The molecule has 5 amide bonds. The molecule has 0 radical (unpaired) electrons. The number of amidine groups is 1. The van der Waals surface area contributed by atoms with Gasteiger partial charge >= 0.3 is 0 Å². The molecule has 1 saturated heterocycles. The van der Waals surface area contributed by atoms with Gasteiger partial charge in [0.1, 0.15) is 17.0 Å². The van der Waals surface area contributed by atoms with Gasteiger partial charge in [-0.2, -0.15) is 0 Å². The van der Waals surface area contributed by atoms with E-state index in [9.17, 15) is 29.1 Å². The van der Waals surface area contributed by atoms with Crippen molar-refractivity contribution in [2.75, 3.05) is 39.8 Å². The fourth-order valence-corrected chi connectivity index (χ4v) is 5.06. The average Bonchev–Trinajstić information content (AvgIpc) is 3.56. The molecule has 3 rings (SSSR count). The molecule has 40 heavy (non-hydrogen) atoms. The molecule has 1 aromatic carbocycles. The number of ether oxygens (including phenoxy) is 1. The first kappa shape index (κ1) is 30.7. The van der Waals surface area contributed by atoms with Crippen LogP contribution in [0.25, 0.3) is 0 Å². The SMILES string of the molecule is COc1ccc(CC2CC(O)CN2C(=O)CNC(=O)CNC(=O)C(C)NC(=O)CNC2=NCC(C(N)=O)S2)cc1. The van der Waals surface area contributed by atoms with E-state index in [-0.39, 0.29) is 44.7 Å². The Morgan fingerprint density at radius 2 is 1.85 bits per heavy atom. The van der Waals surface area contributed by atoms with Gasteiger partial charge in [-0.1, -0.05) is 23.9 Å². The third kappa shape index (κ3) is 9.12. The van der Waals surface area contributed by atoms with Crippen LogP contribution in [0.3, 0.4) is 0 Å². The minimum absolute atomic E-state index is 0.164. The van der Waals surface area contributed by atoms with Gasteiger partial charge in [-0.25, -0.2) is 0 Å². The van der Waals surface area contributed by atoms with Gasteiger partial charge < -0.3 is 41.7 Å². The number of aliphatic imine (C=N–C) groups is 1. The predicted molar refractivity (Wildman–Crippen MR) is 147 cm³/mol. The predicted octanol–water partition coefficient (Wildman–Crippen LogP) is -2.52. The van der Waals surface area contributed by atoms with Gasteiger partial charge in [0.2, 0.25) is 29.5 Å². The number of nitrogens with one attached hydrogen (secondary N) is 4. The summed E-state index contributed by atoms with van der Waals surface area (Å²) in [6.07, 6.45) is 0.337. The number of carbonyl (C=O) groups is 5. The monoisotopic (exact) mass is 577 g/mol. The van der Waals surface area contributed by atoms with Crippen molar-refractivity contribution in [3.63, 3.8) is 0 Å². The molecule has 0 saturated carbocycles. The lowest BCUT2D eigenvalue weighted by Crippen LogP contribution is -2.50. The second-order valence-corrected chi connectivity index (χ2v) is 10.6. The summed E-state index contributed by atoms with van der Waals surface area (Å²) >= 11 is 1.13. The van der Waals surface area contributed by atoms with Gasteiger partial charge in [0, 0.05) is 12.6 Å². The number of nitrogens with two attached hydrogens (primary N) is 1. The molecular weight excluding hydrogens is 542 g/mol. The van der Waals surface area contributed by atoms with Crippen molar-refractivity contribution in [1.29, 1.82) is 0 Å². The summed E-state index contributed by atoms with van der Waals surface area (Å²) in [7, 11) is 1.58. The van der Waals surface area contributed by atoms with E-state index < -0.39 is 41.0 Å². The summed E-state index contributed by atoms with van der Waals surface area (Å²) in [5, 5.41) is 20.2. The molecule has 218 valence electrons. The number of carbonyl (C=O) groups excluding carboxylic acids is 5. The topological polar surface area (TPSA) is 205 Å². The summed E-state index contributed by atoms with van der Waals surface area (Å²) in [6, 6.07) is 6.33. The van der Waals surface area contributed by atoms with Crippen LogP contribution in [0, 0.1) is 0 Å². The zero-order valence-corrected chi connectivity index (χ0v) is 23.2. The maximum Gasteiger partial charge on any atom is 0.242 e. The van der Waals surface area contributed by atoms with Crippen LogP contribution in [-0.2, 0) is 30.4 Å². The fourth-order valence-electron chi connectivity index (χ4n) is 4.22. The highest BCUT2D eigenvalue weighted by Gasteiger charge is 2.34. The van der Waals surface area contributed by atoms with E-state index >= 15 is 0 Å². The zero-order chi connectivity index (χ0) is 29.2. The number of β-amino-alcohol motifs (C(OH)–C–C–N with tert-alkyl or cyclic N) is 1. The molecule has 1 fully saturated rings. The second kappa shape index (κ2) is 14.5. The van der Waals surface area contributed by atoms with E-state index in [0.717, 1.165) is 23.1 Å². The third-order valence-electron chi connectivity index (χ3n) is 6.35. The molecule has 15 heteroatoms. The van der Waals surface area contributed by atoms with Crippen molar-refractivity contribution in [1.82, 2.24) is 26.2 Å². The lowest BCUT2D eigenvalue weighted by molar-refractivity contribution is -0.134. The minimum atomic E-state index is -0.926. The number of aliphatic hydroxyl groups is 1. The fraction of sp³-hybridized carbons (Fsp3) is 0.520. The summed E-state index contributed by atoms with van der Waals surface area (Å²) < 4.78 is 5.16. The van der Waals surface area contributed by atoms with Crippen molar-refractivity contribution in [2.45, 2.75) is 43.2 Å². The first-order valence-corrected chi connectivity index (χ1v) is 13.6. The summed E-state index contributed by atoms with van der Waals surface area (Å²) in [5.41, 5.74) is 6.22. The van der Waals surface area contributed by atoms with Gasteiger partial charge in [0.15, 0.2) is 5.17 Å². The number of amides is 5. The van der Waals surface area contributed by atoms with E-state index in [1.54, 1.807) is 12.0 Å². The zero-order valence-electron chi connectivity index (χ0n) is 22.3. The van der Waals surface area contributed by atoms with Crippen LogP contribution in [0.5, 0.6) is 5.75 Å². The second-order valence-electron chi connectivity index (χ2n) is 9.43. The molecule has 2 aliphatic rings. The number of thioether (sulfide) groups is 1. The van der Waals surface area contributed by atoms with Crippen LogP contribution in [-0.4, -0.2) is 108 Å². The Balaban J connectivity index is 1.35. The molecular formula is C25H35N7O7S. The first-order valence-electron chi connectivity index (χ1n) is 12.7. The van der Waals surface area contributed by atoms with Crippen LogP contribution in [0.15, 0.2) is 29.3 Å². The maximum absolute atomic E-state index is 12.8. The van der Waals surface area contributed by atoms with E-state index in [1.165, 1.54) is 6.92 Å². The Kier molecular flexibility index (Phi) is 11.1. The normalized spacial score (nSPS) is 20.7. The molecule has 2 heterocycles. The average molecular weight is 578 g/mol. The lowest BCUT2D eigenvalue weighted by Gasteiger charge is -2.25. The minimum Gasteiger partial charge on any atom is -0.497 e. The van der Waals surface area contributed by atoms with Crippen LogP contribution in [0.4, 0.5) is 0 Å². The lowest BCUT2D eigenvalue weighted by atomic mass is 10.0. The van der Waals surface area contributed by atoms with E-state index in [0.29, 0.717) is 18.0 Å². The highest BCUT2D eigenvalue weighted by molar-refractivity contribution is 8.15. The Morgan fingerprint density at radius 3 is 2.50 bits per heavy atom. The number of likely N-dealkylation sites (tertiary alicyclic amines) is 1.